The number of hydrogen-bond donors (Lipinski definition) is 2. The SMILES string of the molecule is COc1ccc(CSCC(=O)NC(C)C(C)C(=O)O)cc1[N+](=O)[O-]. The number of carbonyl (C=O) groups excluding carboxylic acids is 1. The van der Waals surface area contributed by atoms with E-state index in [1.54, 1.807) is 13.0 Å². The molecule has 8 nitrogen and oxygen atoms in total. The zero-order valence-electron chi connectivity index (χ0n) is 13.6. The maximum Gasteiger partial charge on any atom is 0.311 e. The molecule has 0 aliphatic rings. The number of nitro benzene ring substituents is 1. The fraction of sp³-hybridized carbons (Fsp3) is 0.467. The lowest BCUT2D eigenvalue weighted by molar-refractivity contribution is -0.385. The van der Waals surface area contributed by atoms with Crippen molar-refractivity contribution in [3.8, 4) is 5.75 Å². The molecule has 9 heteroatoms. The van der Waals surface area contributed by atoms with Gasteiger partial charge in [0.05, 0.1) is 23.7 Å². The topological polar surface area (TPSA) is 119 Å². The standard InChI is InChI=1S/C15H20N2O6S/c1-9(15(19)20)10(2)16-14(18)8-24-7-11-4-5-13(23-3)12(6-11)17(21)22/h4-6,9-10H,7-8H2,1-3H3,(H,16,18)(H,19,20). The Morgan fingerprint density at radius 3 is 2.62 bits per heavy atom. The summed E-state index contributed by atoms with van der Waals surface area (Å²) in [5, 5.41) is 22.5. The number of aliphatic carboxylic acids is 1. The molecular formula is C15H20N2O6S. The van der Waals surface area contributed by atoms with Crippen LogP contribution in [0.5, 0.6) is 5.75 Å². The molecule has 0 bridgehead atoms. The molecule has 0 aromatic heterocycles. The van der Waals surface area contributed by atoms with Gasteiger partial charge in [0, 0.05) is 17.9 Å². The van der Waals surface area contributed by atoms with Gasteiger partial charge in [0.1, 0.15) is 0 Å². The summed E-state index contributed by atoms with van der Waals surface area (Å²) in [4.78, 5) is 33.1. The first kappa shape index (κ1) is 19.8. The fourth-order valence-corrected chi connectivity index (χ4v) is 2.65. The molecule has 2 unspecified atom stereocenters. The molecule has 132 valence electrons. The van der Waals surface area contributed by atoms with Gasteiger partial charge in [-0.1, -0.05) is 6.07 Å². The lowest BCUT2D eigenvalue weighted by Crippen LogP contribution is -2.40. The average Bonchev–Trinajstić information content (AvgIpc) is 2.53. The van der Waals surface area contributed by atoms with Gasteiger partial charge in [-0.25, -0.2) is 0 Å². The highest BCUT2D eigenvalue weighted by Gasteiger charge is 2.21. The number of amides is 1. The summed E-state index contributed by atoms with van der Waals surface area (Å²) in [6.07, 6.45) is 0. The van der Waals surface area contributed by atoms with Crippen LogP contribution in [-0.2, 0) is 15.3 Å². The second kappa shape index (κ2) is 9.11. The third-order valence-electron chi connectivity index (χ3n) is 3.47. The summed E-state index contributed by atoms with van der Waals surface area (Å²) in [5.41, 5.74) is 0.580. The van der Waals surface area contributed by atoms with Crippen molar-refractivity contribution >= 4 is 29.3 Å². The van der Waals surface area contributed by atoms with E-state index in [4.69, 9.17) is 9.84 Å². The number of carbonyl (C=O) groups is 2. The zero-order chi connectivity index (χ0) is 18.3. The highest BCUT2D eigenvalue weighted by atomic mass is 32.2. The van der Waals surface area contributed by atoms with Crippen LogP contribution in [0.1, 0.15) is 19.4 Å². The van der Waals surface area contributed by atoms with Crippen LogP contribution in [0.25, 0.3) is 0 Å². The summed E-state index contributed by atoms with van der Waals surface area (Å²) in [5.74, 6) is -1.19. The van der Waals surface area contributed by atoms with Crippen molar-refractivity contribution in [2.24, 2.45) is 5.92 Å². The third-order valence-corrected chi connectivity index (χ3v) is 4.47. The minimum atomic E-state index is -0.971. The van der Waals surface area contributed by atoms with Crippen molar-refractivity contribution in [1.29, 1.82) is 0 Å². The molecule has 0 heterocycles. The first-order chi connectivity index (χ1) is 11.3. The molecule has 0 fully saturated rings. The van der Waals surface area contributed by atoms with Gasteiger partial charge in [0.15, 0.2) is 5.75 Å². The lowest BCUT2D eigenvalue weighted by atomic mass is 10.0. The van der Waals surface area contributed by atoms with E-state index in [9.17, 15) is 19.7 Å². The summed E-state index contributed by atoms with van der Waals surface area (Å²) < 4.78 is 4.93. The molecule has 1 aromatic carbocycles. The van der Waals surface area contributed by atoms with Gasteiger partial charge in [-0.05, 0) is 25.5 Å². The van der Waals surface area contributed by atoms with Crippen molar-refractivity contribution in [2.75, 3.05) is 12.9 Å². The smallest absolute Gasteiger partial charge is 0.311 e. The molecule has 0 saturated heterocycles. The van der Waals surface area contributed by atoms with E-state index < -0.39 is 22.9 Å². The number of ether oxygens (including phenoxy) is 1. The van der Waals surface area contributed by atoms with E-state index in [2.05, 4.69) is 5.32 Å². The number of benzene rings is 1. The van der Waals surface area contributed by atoms with Crippen molar-refractivity contribution < 1.29 is 24.4 Å². The molecule has 1 amide bonds. The normalized spacial score (nSPS) is 13.0. The number of nitrogens with zero attached hydrogens (tertiary/aromatic N) is 1. The van der Waals surface area contributed by atoms with E-state index in [1.165, 1.54) is 37.9 Å². The van der Waals surface area contributed by atoms with Gasteiger partial charge in [-0.15, -0.1) is 11.8 Å². The van der Waals surface area contributed by atoms with Crippen LogP contribution in [0.4, 0.5) is 5.69 Å². The third kappa shape index (κ3) is 5.73. The second-order valence-electron chi connectivity index (χ2n) is 5.24. The van der Waals surface area contributed by atoms with Crippen LogP contribution < -0.4 is 10.1 Å². The van der Waals surface area contributed by atoms with E-state index in [0.717, 1.165) is 0 Å². The molecule has 0 aliphatic carbocycles. The number of methoxy groups -OCH3 is 1. The highest BCUT2D eigenvalue weighted by Crippen LogP contribution is 2.28. The number of rotatable bonds is 9. The maximum absolute atomic E-state index is 11.8. The monoisotopic (exact) mass is 356 g/mol. The molecule has 0 spiro atoms. The van der Waals surface area contributed by atoms with Gasteiger partial charge in [0.25, 0.3) is 0 Å². The number of thioether (sulfide) groups is 1. The maximum atomic E-state index is 11.8. The van der Waals surface area contributed by atoms with Gasteiger partial charge in [-0.3, -0.25) is 19.7 Å². The number of carboxylic acids is 1. The first-order valence-electron chi connectivity index (χ1n) is 7.17. The fourth-order valence-electron chi connectivity index (χ4n) is 1.86. The number of hydrogen-bond acceptors (Lipinski definition) is 6. The molecule has 1 rings (SSSR count). The Morgan fingerprint density at radius 2 is 2.08 bits per heavy atom. The van der Waals surface area contributed by atoms with Crippen molar-refractivity contribution in [3.63, 3.8) is 0 Å². The Kier molecular flexibility index (Phi) is 7.50. The van der Waals surface area contributed by atoms with Crippen LogP contribution >= 0.6 is 11.8 Å². The number of nitro groups is 1. The largest absolute Gasteiger partial charge is 0.490 e. The van der Waals surface area contributed by atoms with Crippen LogP contribution in [-0.4, -0.2) is 40.8 Å². The number of nitrogens with one attached hydrogen (secondary N) is 1. The number of carboxylic acid groups (broad SMARTS) is 1. The summed E-state index contributed by atoms with van der Waals surface area (Å²) >= 11 is 1.29. The summed E-state index contributed by atoms with van der Waals surface area (Å²) in [6.45, 7) is 3.16. The van der Waals surface area contributed by atoms with Gasteiger partial charge in [-0.2, -0.15) is 0 Å². The minimum Gasteiger partial charge on any atom is -0.490 e. The minimum absolute atomic E-state index is 0.121. The quantitative estimate of drug-likeness (QED) is 0.513. The molecule has 0 radical (unpaired) electrons. The van der Waals surface area contributed by atoms with Crippen molar-refractivity contribution in [1.82, 2.24) is 5.32 Å². The van der Waals surface area contributed by atoms with Crippen LogP contribution in [0, 0.1) is 16.0 Å². The van der Waals surface area contributed by atoms with E-state index in [-0.39, 0.29) is 23.1 Å². The second-order valence-corrected chi connectivity index (χ2v) is 6.22. The van der Waals surface area contributed by atoms with Gasteiger partial charge in [0.2, 0.25) is 5.91 Å². The molecule has 24 heavy (non-hydrogen) atoms. The Labute approximate surface area is 143 Å². The Hall–Kier alpha value is -2.29. The van der Waals surface area contributed by atoms with Gasteiger partial charge >= 0.3 is 11.7 Å². The molecule has 2 N–H and O–H groups in total. The van der Waals surface area contributed by atoms with Crippen LogP contribution in [0.15, 0.2) is 18.2 Å². The summed E-state index contributed by atoms with van der Waals surface area (Å²) in [6, 6.07) is 4.16. The molecule has 0 aliphatic heterocycles. The Bertz CT molecular complexity index is 622. The van der Waals surface area contributed by atoms with Crippen molar-refractivity contribution in [3.05, 3.63) is 33.9 Å². The highest BCUT2D eigenvalue weighted by molar-refractivity contribution is 7.99. The van der Waals surface area contributed by atoms with Crippen LogP contribution in [0.3, 0.4) is 0 Å². The Balaban J connectivity index is 2.53. The van der Waals surface area contributed by atoms with E-state index in [1.807, 2.05) is 0 Å². The lowest BCUT2D eigenvalue weighted by Gasteiger charge is -2.17. The predicted octanol–water partition coefficient (Wildman–Crippen LogP) is 2.06. The average molecular weight is 356 g/mol. The molecule has 1 aromatic rings. The van der Waals surface area contributed by atoms with E-state index >= 15 is 0 Å². The van der Waals surface area contributed by atoms with E-state index in [0.29, 0.717) is 11.3 Å². The summed E-state index contributed by atoms with van der Waals surface area (Å²) in [7, 11) is 1.36. The predicted molar refractivity (Wildman–Crippen MR) is 90.2 cm³/mol. The molecule has 2 atom stereocenters. The Morgan fingerprint density at radius 1 is 1.42 bits per heavy atom. The first-order valence-corrected chi connectivity index (χ1v) is 8.33. The van der Waals surface area contributed by atoms with Gasteiger partial charge < -0.3 is 15.2 Å². The zero-order valence-corrected chi connectivity index (χ0v) is 14.5. The van der Waals surface area contributed by atoms with Crippen molar-refractivity contribution in [2.45, 2.75) is 25.6 Å². The van der Waals surface area contributed by atoms with Crippen LogP contribution in [0.2, 0.25) is 0 Å². The molecule has 0 saturated carbocycles. The molecular weight excluding hydrogens is 336 g/mol.